The molecule has 0 saturated carbocycles. The number of methoxy groups -OCH3 is 1. The Morgan fingerprint density at radius 1 is 1.56 bits per heavy atom. The van der Waals surface area contributed by atoms with Gasteiger partial charge in [0.2, 0.25) is 0 Å². The standard InChI is InChI=1S/C13H17FN2OS/c1-4-13(2)8-18-12(16-13)15-9-5-6-10(14)11(7-9)17-3/h5-7H,4,8H2,1-3H3,(H,15,16). The fourth-order valence-corrected chi connectivity index (χ4v) is 2.83. The fourth-order valence-electron chi connectivity index (χ4n) is 1.64. The van der Waals surface area contributed by atoms with E-state index in [0.29, 0.717) is 0 Å². The predicted octanol–water partition coefficient (Wildman–Crippen LogP) is 3.52. The molecule has 1 unspecified atom stereocenters. The topological polar surface area (TPSA) is 33.6 Å². The van der Waals surface area contributed by atoms with Crippen molar-refractivity contribution in [3.05, 3.63) is 24.0 Å². The van der Waals surface area contributed by atoms with Gasteiger partial charge in [0.1, 0.15) is 0 Å². The molecule has 1 aromatic carbocycles. The summed E-state index contributed by atoms with van der Waals surface area (Å²) in [5.41, 5.74) is 0.803. The van der Waals surface area contributed by atoms with Crippen LogP contribution in [0.5, 0.6) is 5.75 Å². The van der Waals surface area contributed by atoms with Crippen LogP contribution < -0.4 is 10.1 Å². The zero-order valence-corrected chi connectivity index (χ0v) is 11.6. The van der Waals surface area contributed by atoms with Crippen molar-refractivity contribution < 1.29 is 9.13 Å². The van der Waals surface area contributed by atoms with Crippen LogP contribution in [-0.4, -0.2) is 23.6 Å². The molecule has 0 aromatic heterocycles. The smallest absolute Gasteiger partial charge is 0.165 e. The number of anilines is 1. The molecule has 0 spiro atoms. The number of aliphatic imine (C=N–C) groups is 1. The van der Waals surface area contributed by atoms with E-state index in [0.717, 1.165) is 23.0 Å². The highest BCUT2D eigenvalue weighted by Crippen LogP contribution is 2.31. The van der Waals surface area contributed by atoms with E-state index in [1.165, 1.54) is 13.2 Å². The number of hydrogen-bond donors (Lipinski definition) is 1. The van der Waals surface area contributed by atoms with Gasteiger partial charge in [-0.1, -0.05) is 18.7 Å². The molecular weight excluding hydrogens is 251 g/mol. The van der Waals surface area contributed by atoms with E-state index in [-0.39, 0.29) is 17.1 Å². The molecule has 0 aliphatic carbocycles. The van der Waals surface area contributed by atoms with Crippen LogP contribution in [0.15, 0.2) is 23.2 Å². The molecule has 3 nitrogen and oxygen atoms in total. The Kier molecular flexibility index (Phi) is 3.80. The van der Waals surface area contributed by atoms with Gasteiger partial charge in [-0.25, -0.2) is 4.39 Å². The number of halogens is 1. The Balaban J connectivity index is 2.13. The monoisotopic (exact) mass is 268 g/mol. The van der Waals surface area contributed by atoms with Crippen LogP contribution in [0.1, 0.15) is 20.3 Å². The summed E-state index contributed by atoms with van der Waals surface area (Å²) in [6.07, 6.45) is 1.01. The number of ether oxygens (including phenoxy) is 1. The predicted molar refractivity (Wildman–Crippen MR) is 75.2 cm³/mol. The van der Waals surface area contributed by atoms with Crippen molar-refractivity contribution in [2.45, 2.75) is 25.8 Å². The molecule has 1 N–H and O–H groups in total. The maximum Gasteiger partial charge on any atom is 0.165 e. The number of thioether (sulfide) groups is 1. The van der Waals surface area contributed by atoms with E-state index in [1.54, 1.807) is 23.9 Å². The van der Waals surface area contributed by atoms with E-state index in [2.05, 4.69) is 24.2 Å². The van der Waals surface area contributed by atoms with E-state index >= 15 is 0 Å². The number of hydrogen-bond acceptors (Lipinski definition) is 4. The van der Waals surface area contributed by atoms with Gasteiger partial charge in [0.15, 0.2) is 16.7 Å². The second-order valence-electron chi connectivity index (χ2n) is 4.53. The van der Waals surface area contributed by atoms with Gasteiger partial charge in [0.25, 0.3) is 0 Å². The first-order chi connectivity index (χ1) is 8.56. The number of nitrogens with one attached hydrogen (secondary N) is 1. The van der Waals surface area contributed by atoms with Crippen LogP contribution in [-0.2, 0) is 0 Å². The maximum absolute atomic E-state index is 13.3. The van der Waals surface area contributed by atoms with Crippen LogP contribution in [0.2, 0.25) is 0 Å². The third kappa shape index (κ3) is 2.77. The van der Waals surface area contributed by atoms with Crippen molar-refractivity contribution in [1.82, 2.24) is 0 Å². The van der Waals surface area contributed by atoms with Gasteiger partial charge in [0, 0.05) is 17.5 Å². The minimum absolute atomic E-state index is 0.0110. The average molecular weight is 268 g/mol. The Labute approximate surface area is 111 Å². The summed E-state index contributed by atoms with van der Waals surface area (Å²) in [4.78, 5) is 4.65. The van der Waals surface area contributed by atoms with Gasteiger partial charge < -0.3 is 10.1 Å². The van der Waals surface area contributed by atoms with E-state index in [4.69, 9.17) is 4.74 Å². The van der Waals surface area contributed by atoms with Gasteiger partial charge >= 0.3 is 0 Å². The molecule has 1 heterocycles. The molecular formula is C13H17FN2OS. The van der Waals surface area contributed by atoms with E-state index in [9.17, 15) is 4.39 Å². The summed E-state index contributed by atoms with van der Waals surface area (Å²) in [7, 11) is 1.46. The van der Waals surface area contributed by atoms with Crippen molar-refractivity contribution in [1.29, 1.82) is 0 Å². The zero-order valence-electron chi connectivity index (χ0n) is 10.8. The summed E-state index contributed by atoms with van der Waals surface area (Å²) in [5.74, 6) is 0.855. The lowest BCUT2D eigenvalue weighted by Crippen LogP contribution is -2.20. The second kappa shape index (κ2) is 5.18. The first-order valence-electron chi connectivity index (χ1n) is 5.89. The molecule has 0 saturated heterocycles. The van der Waals surface area contributed by atoms with Gasteiger partial charge in [0.05, 0.1) is 12.6 Å². The van der Waals surface area contributed by atoms with E-state index < -0.39 is 0 Å². The summed E-state index contributed by atoms with van der Waals surface area (Å²) < 4.78 is 18.2. The molecule has 1 atom stereocenters. The Bertz CT molecular complexity index is 478. The van der Waals surface area contributed by atoms with Gasteiger partial charge in [-0.15, -0.1) is 0 Å². The molecule has 0 amide bonds. The summed E-state index contributed by atoms with van der Waals surface area (Å²) >= 11 is 1.69. The lowest BCUT2D eigenvalue weighted by Gasteiger charge is -2.15. The van der Waals surface area contributed by atoms with Crippen molar-refractivity contribution in [2.24, 2.45) is 4.99 Å². The molecule has 1 aliphatic rings. The lowest BCUT2D eigenvalue weighted by atomic mass is 10.0. The van der Waals surface area contributed by atoms with Crippen molar-refractivity contribution in [2.75, 3.05) is 18.2 Å². The van der Waals surface area contributed by atoms with Gasteiger partial charge in [-0.2, -0.15) is 0 Å². The number of benzene rings is 1. The Morgan fingerprint density at radius 3 is 2.94 bits per heavy atom. The molecule has 0 bridgehead atoms. The van der Waals surface area contributed by atoms with Gasteiger partial charge in [-0.05, 0) is 25.5 Å². The van der Waals surface area contributed by atoms with Crippen molar-refractivity contribution in [3.8, 4) is 5.75 Å². The fraction of sp³-hybridized carbons (Fsp3) is 0.462. The van der Waals surface area contributed by atoms with Crippen molar-refractivity contribution in [3.63, 3.8) is 0 Å². The van der Waals surface area contributed by atoms with Crippen LogP contribution in [0.3, 0.4) is 0 Å². The quantitative estimate of drug-likeness (QED) is 0.910. The molecule has 0 radical (unpaired) electrons. The highest BCUT2D eigenvalue weighted by atomic mass is 32.2. The summed E-state index contributed by atoms with van der Waals surface area (Å²) in [5, 5.41) is 4.08. The van der Waals surface area contributed by atoms with Gasteiger partial charge in [-0.3, -0.25) is 4.99 Å². The maximum atomic E-state index is 13.3. The lowest BCUT2D eigenvalue weighted by molar-refractivity contribution is 0.387. The minimum atomic E-state index is -0.359. The molecule has 2 rings (SSSR count). The number of nitrogens with zero attached hydrogens (tertiary/aromatic N) is 1. The largest absolute Gasteiger partial charge is 0.494 e. The molecule has 1 aromatic rings. The Morgan fingerprint density at radius 2 is 2.33 bits per heavy atom. The first kappa shape index (κ1) is 13.2. The number of amidine groups is 1. The second-order valence-corrected chi connectivity index (χ2v) is 5.49. The third-order valence-electron chi connectivity index (χ3n) is 3.06. The minimum Gasteiger partial charge on any atom is -0.494 e. The van der Waals surface area contributed by atoms with Crippen LogP contribution in [0.4, 0.5) is 10.1 Å². The number of rotatable bonds is 3. The highest BCUT2D eigenvalue weighted by molar-refractivity contribution is 8.14. The summed E-state index contributed by atoms with van der Waals surface area (Å²) in [6, 6.07) is 4.71. The van der Waals surface area contributed by atoms with E-state index in [1.807, 2.05) is 0 Å². The molecule has 98 valence electrons. The molecule has 1 aliphatic heterocycles. The molecule has 5 heteroatoms. The van der Waals surface area contributed by atoms with Crippen LogP contribution in [0, 0.1) is 5.82 Å². The van der Waals surface area contributed by atoms with Crippen molar-refractivity contribution >= 4 is 22.6 Å². The zero-order chi connectivity index (χ0) is 13.2. The molecule has 0 fully saturated rings. The Hall–Kier alpha value is -1.23. The van der Waals surface area contributed by atoms with Crippen LogP contribution in [0.25, 0.3) is 0 Å². The summed E-state index contributed by atoms with van der Waals surface area (Å²) in [6.45, 7) is 4.27. The third-order valence-corrected chi connectivity index (χ3v) is 4.29. The normalized spacial score (nSPS) is 22.8. The first-order valence-corrected chi connectivity index (χ1v) is 6.88. The molecule has 18 heavy (non-hydrogen) atoms. The average Bonchev–Trinajstić information content (AvgIpc) is 2.74. The van der Waals surface area contributed by atoms with Crippen LogP contribution >= 0.6 is 11.8 Å². The SMILES string of the molecule is CCC1(C)CSC(Nc2ccc(F)c(OC)c2)=N1. The highest BCUT2D eigenvalue weighted by Gasteiger charge is 2.28.